The average molecular weight is 239 g/mol. The first-order chi connectivity index (χ1) is 8.22. The zero-order chi connectivity index (χ0) is 12.7. The zero-order valence-electron chi connectivity index (χ0n) is 11.4. The van der Waals surface area contributed by atoms with Gasteiger partial charge in [0, 0.05) is 39.0 Å². The number of aromatic nitrogens is 2. The van der Waals surface area contributed by atoms with Crippen molar-refractivity contribution < 1.29 is 4.74 Å². The summed E-state index contributed by atoms with van der Waals surface area (Å²) in [4.78, 5) is 4.35. The van der Waals surface area contributed by atoms with Gasteiger partial charge >= 0.3 is 0 Å². The van der Waals surface area contributed by atoms with Crippen molar-refractivity contribution in [2.45, 2.75) is 45.3 Å². The fourth-order valence-electron chi connectivity index (χ4n) is 2.22. The molecule has 2 atom stereocenters. The van der Waals surface area contributed by atoms with Gasteiger partial charge in [0.2, 0.25) is 0 Å². The van der Waals surface area contributed by atoms with Crippen LogP contribution in [0.1, 0.15) is 32.5 Å². The molecule has 1 N–H and O–H groups in total. The van der Waals surface area contributed by atoms with Crippen LogP contribution in [0.3, 0.4) is 0 Å². The molecule has 1 rings (SSSR count). The molecule has 17 heavy (non-hydrogen) atoms. The van der Waals surface area contributed by atoms with Crippen LogP contribution in [-0.2, 0) is 18.2 Å². The van der Waals surface area contributed by atoms with Gasteiger partial charge in [-0.2, -0.15) is 0 Å². The van der Waals surface area contributed by atoms with Crippen LogP contribution < -0.4 is 5.32 Å². The van der Waals surface area contributed by atoms with E-state index < -0.39 is 0 Å². The minimum atomic E-state index is 0.287. The summed E-state index contributed by atoms with van der Waals surface area (Å²) < 4.78 is 7.60. The predicted octanol–water partition coefficient (Wildman–Crippen LogP) is 1.76. The minimum Gasteiger partial charge on any atom is -0.380 e. The first-order valence-electron chi connectivity index (χ1n) is 6.45. The van der Waals surface area contributed by atoms with Gasteiger partial charge in [-0.25, -0.2) is 4.98 Å². The van der Waals surface area contributed by atoms with E-state index in [0.717, 1.165) is 31.6 Å². The molecule has 0 fully saturated rings. The van der Waals surface area contributed by atoms with Crippen molar-refractivity contribution >= 4 is 0 Å². The largest absolute Gasteiger partial charge is 0.380 e. The van der Waals surface area contributed by atoms with Crippen molar-refractivity contribution in [1.29, 1.82) is 0 Å². The quantitative estimate of drug-likeness (QED) is 0.751. The summed E-state index contributed by atoms with van der Waals surface area (Å²) in [7, 11) is 3.83. The highest BCUT2D eigenvalue weighted by Crippen LogP contribution is 2.10. The van der Waals surface area contributed by atoms with Crippen LogP contribution >= 0.6 is 0 Å². The van der Waals surface area contributed by atoms with E-state index in [-0.39, 0.29) is 6.10 Å². The molecule has 0 aliphatic heterocycles. The first kappa shape index (κ1) is 14.2. The van der Waals surface area contributed by atoms with Gasteiger partial charge in [-0.15, -0.1) is 0 Å². The smallest absolute Gasteiger partial charge is 0.108 e. The van der Waals surface area contributed by atoms with Crippen LogP contribution in [0.5, 0.6) is 0 Å². The molecule has 0 saturated carbocycles. The Kier molecular flexibility index (Phi) is 6.22. The van der Waals surface area contributed by atoms with Gasteiger partial charge in [-0.1, -0.05) is 13.8 Å². The third kappa shape index (κ3) is 4.13. The second kappa shape index (κ2) is 7.45. The molecule has 0 radical (unpaired) electrons. The van der Waals surface area contributed by atoms with Gasteiger partial charge in [0.25, 0.3) is 0 Å². The third-order valence-corrected chi connectivity index (χ3v) is 3.22. The molecular weight excluding hydrogens is 214 g/mol. The average Bonchev–Trinajstić information content (AvgIpc) is 2.73. The monoisotopic (exact) mass is 239 g/mol. The number of imidazole rings is 1. The Morgan fingerprint density at radius 1 is 1.47 bits per heavy atom. The Bertz CT molecular complexity index is 307. The van der Waals surface area contributed by atoms with E-state index in [0.29, 0.717) is 6.04 Å². The Hall–Kier alpha value is -0.870. The molecule has 0 saturated heterocycles. The van der Waals surface area contributed by atoms with E-state index in [1.54, 1.807) is 7.11 Å². The lowest BCUT2D eigenvalue weighted by atomic mass is 10.0. The van der Waals surface area contributed by atoms with Gasteiger partial charge < -0.3 is 14.6 Å². The lowest BCUT2D eigenvalue weighted by molar-refractivity contribution is 0.0629. The molecule has 2 unspecified atom stereocenters. The van der Waals surface area contributed by atoms with Crippen molar-refractivity contribution in [3.63, 3.8) is 0 Å². The second-order valence-corrected chi connectivity index (χ2v) is 4.34. The van der Waals surface area contributed by atoms with Crippen LogP contribution in [0, 0.1) is 0 Å². The molecular formula is C13H25N3O. The summed E-state index contributed by atoms with van der Waals surface area (Å²) in [6.07, 6.45) is 7.22. The number of hydrogen-bond donors (Lipinski definition) is 1. The summed E-state index contributed by atoms with van der Waals surface area (Å²) in [5, 5.41) is 3.50. The predicted molar refractivity (Wildman–Crippen MR) is 70.1 cm³/mol. The molecule has 1 aromatic heterocycles. The minimum absolute atomic E-state index is 0.287. The van der Waals surface area contributed by atoms with Gasteiger partial charge in [0.05, 0.1) is 6.10 Å². The summed E-state index contributed by atoms with van der Waals surface area (Å²) in [5.74, 6) is 1.14. The molecule has 98 valence electrons. The van der Waals surface area contributed by atoms with Crippen molar-refractivity contribution in [3.05, 3.63) is 18.2 Å². The third-order valence-electron chi connectivity index (χ3n) is 3.22. The van der Waals surface area contributed by atoms with E-state index in [9.17, 15) is 0 Å². The summed E-state index contributed by atoms with van der Waals surface area (Å²) >= 11 is 0. The molecule has 1 aromatic rings. The van der Waals surface area contributed by atoms with Crippen LogP contribution in [0.4, 0.5) is 0 Å². The van der Waals surface area contributed by atoms with Crippen molar-refractivity contribution in [2.24, 2.45) is 7.05 Å². The fraction of sp³-hybridized carbons (Fsp3) is 0.769. The lowest BCUT2D eigenvalue weighted by Gasteiger charge is -2.25. The van der Waals surface area contributed by atoms with Crippen LogP contribution in [-0.4, -0.2) is 35.4 Å². The number of hydrogen-bond acceptors (Lipinski definition) is 3. The number of aryl methyl sites for hydroxylation is 2. The highest BCUT2D eigenvalue weighted by molar-refractivity contribution is 4.92. The number of nitrogens with zero attached hydrogens (tertiary/aromatic N) is 2. The molecule has 0 amide bonds. The molecule has 1 heterocycles. The van der Waals surface area contributed by atoms with Crippen LogP contribution in [0.25, 0.3) is 0 Å². The van der Waals surface area contributed by atoms with Gasteiger partial charge in [0.1, 0.15) is 5.82 Å². The van der Waals surface area contributed by atoms with E-state index in [1.807, 2.05) is 19.4 Å². The molecule has 0 spiro atoms. The van der Waals surface area contributed by atoms with E-state index >= 15 is 0 Å². The van der Waals surface area contributed by atoms with E-state index in [4.69, 9.17) is 4.74 Å². The SMILES string of the molecule is CCNC(CCc1nccn1C)C(CC)OC. The summed E-state index contributed by atoms with van der Waals surface area (Å²) in [5.41, 5.74) is 0. The van der Waals surface area contributed by atoms with Gasteiger partial charge in [-0.3, -0.25) is 0 Å². The molecule has 0 aromatic carbocycles. The first-order valence-corrected chi connectivity index (χ1v) is 6.45. The fourth-order valence-corrected chi connectivity index (χ4v) is 2.22. The van der Waals surface area contributed by atoms with Crippen LogP contribution in [0.2, 0.25) is 0 Å². The van der Waals surface area contributed by atoms with Gasteiger partial charge in [-0.05, 0) is 19.4 Å². The Morgan fingerprint density at radius 2 is 2.24 bits per heavy atom. The molecule has 4 heteroatoms. The van der Waals surface area contributed by atoms with Crippen molar-refractivity contribution in [1.82, 2.24) is 14.9 Å². The second-order valence-electron chi connectivity index (χ2n) is 4.34. The van der Waals surface area contributed by atoms with Gasteiger partial charge in [0.15, 0.2) is 0 Å². The highest BCUT2D eigenvalue weighted by Gasteiger charge is 2.18. The number of rotatable bonds is 8. The topological polar surface area (TPSA) is 39.1 Å². The Morgan fingerprint density at radius 3 is 2.71 bits per heavy atom. The van der Waals surface area contributed by atoms with Crippen molar-refractivity contribution in [3.8, 4) is 0 Å². The maximum atomic E-state index is 5.52. The molecule has 0 bridgehead atoms. The van der Waals surface area contributed by atoms with Crippen LogP contribution in [0.15, 0.2) is 12.4 Å². The maximum Gasteiger partial charge on any atom is 0.108 e. The number of nitrogens with one attached hydrogen (secondary N) is 1. The van der Waals surface area contributed by atoms with E-state index in [1.165, 1.54) is 0 Å². The Balaban J connectivity index is 2.52. The molecule has 0 aliphatic carbocycles. The normalized spacial score (nSPS) is 14.8. The number of methoxy groups -OCH3 is 1. The molecule has 4 nitrogen and oxygen atoms in total. The highest BCUT2D eigenvalue weighted by atomic mass is 16.5. The maximum absolute atomic E-state index is 5.52. The zero-order valence-corrected chi connectivity index (χ0v) is 11.4. The summed E-state index contributed by atoms with van der Waals surface area (Å²) in [6, 6.07) is 0.409. The standard InChI is InChI=1S/C13H25N3O/c1-5-12(17-4)11(14-6-2)7-8-13-15-9-10-16(13)3/h9-12,14H,5-8H2,1-4H3. The summed E-state index contributed by atoms with van der Waals surface area (Å²) in [6.45, 7) is 5.28. The number of ether oxygens (including phenoxy) is 1. The van der Waals surface area contributed by atoms with Crippen molar-refractivity contribution in [2.75, 3.05) is 13.7 Å². The Labute approximate surface area is 104 Å². The lowest BCUT2D eigenvalue weighted by Crippen LogP contribution is -2.41. The number of likely N-dealkylation sites (N-methyl/N-ethyl adjacent to an activating group) is 1. The molecule has 0 aliphatic rings. The van der Waals surface area contributed by atoms with E-state index in [2.05, 4.69) is 28.7 Å².